The van der Waals surface area contributed by atoms with E-state index in [1.165, 1.54) is 11.1 Å². The Morgan fingerprint density at radius 3 is 2.37 bits per heavy atom. The molecule has 2 aromatic rings. The van der Waals surface area contributed by atoms with Gasteiger partial charge in [0.15, 0.2) is 0 Å². The van der Waals surface area contributed by atoms with E-state index in [-0.39, 0.29) is 6.04 Å². The van der Waals surface area contributed by atoms with E-state index in [4.69, 9.17) is 4.74 Å². The molecular formula is C17H21NO. The van der Waals surface area contributed by atoms with Gasteiger partial charge in [-0.3, -0.25) is 0 Å². The van der Waals surface area contributed by atoms with Crippen molar-refractivity contribution < 1.29 is 4.74 Å². The van der Waals surface area contributed by atoms with Crippen LogP contribution in [0.2, 0.25) is 0 Å². The summed E-state index contributed by atoms with van der Waals surface area (Å²) in [7, 11) is 0. The fraction of sp³-hybridized carbons (Fsp3) is 0.294. The van der Waals surface area contributed by atoms with Crippen LogP contribution in [0.3, 0.4) is 0 Å². The van der Waals surface area contributed by atoms with Gasteiger partial charge in [0, 0.05) is 0 Å². The lowest BCUT2D eigenvalue weighted by Crippen LogP contribution is -2.26. The molecule has 2 heteroatoms. The summed E-state index contributed by atoms with van der Waals surface area (Å²) in [5.41, 5.74) is 2.43. The van der Waals surface area contributed by atoms with Crippen molar-refractivity contribution in [3.63, 3.8) is 0 Å². The highest BCUT2D eigenvalue weighted by Gasteiger charge is 2.11. The van der Waals surface area contributed by atoms with Gasteiger partial charge < -0.3 is 10.1 Å². The molecule has 0 bridgehead atoms. The molecule has 100 valence electrons. The Kier molecular flexibility index (Phi) is 4.99. The van der Waals surface area contributed by atoms with E-state index in [2.05, 4.69) is 49.5 Å². The van der Waals surface area contributed by atoms with Crippen LogP contribution in [-0.4, -0.2) is 13.2 Å². The summed E-state index contributed by atoms with van der Waals surface area (Å²) >= 11 is 0. The van der Waals surface area contributed by atoms with E-state index in [1.54, 1.807) is 0 Å². The Balaban J connectivity index is 2.04. The fourth-order valence-electron chi connectivity index (χ4n) is 2.10. The Morgan fingerprint density at radius 1 is 1.00 bits per heavy atom. The molecule has 0 saturated heterocycles. The number of nitrogens with one attached hydrogen (secondary N) is 1. The number of para-hydroxylation sites is 1. The first-order chi connectivity index (χ1) is 9.31. The number of likely N-dealkylation sites (N-methyl/N-ethyl adjacent to an activating group) is 1. The third-order valence-corrected chi connectivity index (χ3v) is 3.15. The van der Waals surface area contributed by atoms with Crippen LogP contribution in [0.25, 0.3) is 0 Å². The SMILES string of the molecule is CCNC(COc1ccccc1C)c1ccccc1. The first-order valence-electron chi connectivity index (χ1n) is 6.78. The predicted octanol–water partition coefficient (Wildman–Crippen LogP) is 3.72. The molecule has 0 aliphatic carbocycles. The summed E-state index contributed by atoms with van der Waals surface area (Å²) < 4.78 is 5.94. The minimum Gasteiger partial charge on any atom is -0.491 e. The van der Waals surface area contributed by atoms with Gasteiger partial charge >= 0.3 is 0 Å². The predicted molar refractivity (Wildman–Crippen MR) is 79.5 cm³/mol. The minimum atomic E-state index is 0.228. The quantitative estimate of drug-likeness (QED) is 0.849. The second-order valence-electron chi connectivity index (χ2n) is 4.60. The molecule has 0 aliphatic heterocycles. The molecule has 1 unspecified atom stereocenters. The number of benzene rings is 2. The van der Waals surface area contributed by atoms with Gasteiger partial charge in [-0.25, -0.2) is 0 Å². The van der Waals surface area contributed by atoms with E-state index in [9.17, 15) is 0 Å². The summed E-state index contributed by atoms with van der Waals surface area (Å²) in [6.45, 7) is 5.75. The molecule has 19 heavy (non-hydrogen) atoms. The second-order valence-corrected chi connectivity index (χ2v) is 4.60. The topological polar surface area (TPSA) is 21.3 Å². The van der Waals surface area contributed by atoms with Gasteiger partial charge in [-0.2, -0.15) is 0 Å². The van der Waals surface area contributed by atoms with E-state index >= 15 is 0 Å². The minimum absolute atomic E-state index is 0.228. The van der Waals surface area contributed by atoms with Crippen molar-refractivity contribution in [2.45, 2.75) is 19.9 Å². The molecule has 0 aromatic heterocycles. The Morgan fingerprint density at radius 2 is 1.68 bits per heavy atom. The van der Waals surface area contributed by atoms with E-state index < -0.39 is 0 Å². The zero-order valence-electron chi connectivity index (χ0n) is 11.6. The van der Waals surface area contributed by atoms with E-state index in [0.717, 1.165) is 12.3 Å². The van der Waals surface area contributed by atoms with Gasteiger partial charge in [0.05, 0.1) is 6.04 Å². The maximum atomic E-state index is 5.94. The molecule has 2 aromatic carbocycles. The van der Waals surface area contributed by atoms with E-state index in [0.29, 0.717) is 6.61 Å². The van der Waals surface area contributed by atoms with E-state index in [1.807, 2.05) is 24.3 Å². The van der Waals surface area contributed by atoms with Crippen molar-refractivity contribution in [1.82, 2.24) is 5.32 Å². The number of hydrogen-bond donors (Lipinski definition) is 1. The van der Waals surface area contributed by atoms with Crippen LogP contribution in [0.5, 0.6) is 5.75 Å². The molecule has 1 N–H and O–H groups in total. The summed E-state index contributed by atoms with van der Waals surface area (Å²) in [5.74, 6) is 0.960. The summed E-state index contributed by atoms with van der Waals surface area (Å²) in [5, 5.41) is 3.46. The first-order valence-corrected chi connectivity index (χ1v) is 6.78. The van der Waals surface area contributed by atoms with Gasteiger partial charge in [-0.15, -0.1) is 0 Å². The normalized spacial score (nSPS) is 12.1. The highest BCUT2D eigenvalue weighted by Crippen LogP contribution is 2.19. The molecule has 0 radical (unpaired) electrons. The molecule has 0 fully saturated rings. The smallest absolute Gasteiger partial charge is 0.122 e. The van der Waals surface area contributed by atoms with Crippen molar-refractivity contribution >= 4 is 0 Å². The van der Waals surface area contributed by atoms with Crippen LogP contribution in [0.1, 0.15) is 24.1 Å². The van der Waals surface area contributed by atoms with Crippen LogP contribution in [0.15, 0.2) is 54.6 Å². The fourth-order valence-corrected chi connectivity index (χ4v) is 2.10. The third-order valence-electron chi connectivity index (χ3n) is 3.15. The van der Waals surface area contributed by atoms with Crippen molar-refractivity contribution in [1.29, 1.82) is 0 Å². The summed E-state index contributed by atoms with van der Waals surface area (Å²) in [6.07, 6.45) is 0. The highest BCUT2D eigenvalue weighted by molar-refractivity contribution is 5.32. The van der Waals surface area contributed by atoms with Crippen LogP contribution in [-0.2, 0) is 0 Å². The molecule has 0 heterocycles. The number of hydrogen-bond acceptors (Lipinski definition) is 2. The Hall–Kier alpha value is -1.80. The number of ether oxygens (including phenoxy) is 1. The standard InChI is InChI=1S/C17H21NO/c1-3-18-16(15-10-5-4-6-11-15)13-19-17-12-8-7-9-14(17)2/h4-12,16,18H,3,13H2,1-2H3. The molecule has 1 atom stereocenters. The van der Waals surface area contributed by atoms with Crippen molar-refractivity contribution in [2.75, 3.05) is 13.2 Å². The van der Waals surface area contributed by atoms with Crippen LogP contribution >= 0.6 is 0 Å². The first kappa shape index (κ1) is 13.6. The highest BCUT2D eigenvalue weighted by atomic mass is 16.5. The maximum absolute atomic E-state index is 5.94. The van der Waals surface area contributed by atoms with Crippen molar-refractivity contribution in [2.24, 2.45) is 0 Å². The second kappa shape index (κ2) is 6.95. The van der Waals surface area contributed by atoms with Crippen molar-refractivity contribution in [3.05, 3.63) is 65.7 Å². The summed E-state index contributed by atoms with van der Waals surface area (Å²) in [4.78, 5) is 0. The average Bonchev–Trinajstić information content (AvgIpc) is 2.46. The lowest BCUT2D eigenvalue weighted by molar-refractivity contribution is 0.266. The van der Waals surface area contributed by atoms with Gasteiger partial charge in [-0.05, 0) is 30.7 Å². The average molecular weight is 255 g/mol. The third kappa shape index (κ3) is 3.83. The molecule has 0 aliphatic rings. The zero-order valence-corrected chi connectivity index (χ0v) is 11.6. The maximum Gasteiger partial charge on any atom is 0.122 e. The molecule has 0 amide bonds. The van der Waals surface area contributed by atoms with Crippen molar-refractivity contribution in [3.8, 4) is 5.75 Å². The van der Waals surface area contributed by atoms with Gasteiger partial charge in [0.1, 0.15) is 12.4 Å². The van der Waals surface area contributed by atoms with Crippen LogP contribution in [0.4, 0.5) is 0 Å². The van der Waals surface area contributed by atoms with Gasteiger partial charge in [-0.1, -0.05) is 55.5 Å². The monoisotopic (exact) mass is 255 g/mol. The van der Waals surface area contributed by atoms with Crippen LogP contribution in [0, 0.1) is 6.92 Å². The molecule has 2 rings (SSSR count). The molecule has 0 spiro atoms. The van der Waals surface area contributed by atoms with Crippen LogP contribution < -0.4 is 10.1 Å². The summed E-state index contributed by atoms with van der Waals surface area (Å²) in [6, 6.07) is 18.8. The van der Waals surface area contributed by atoms with Gasteiger partial charge in [0.2, 0.25) is 0 Å². The largest absolute Gasteiger partial charge is 0.491 e. The lowest BCUT2D eigenvalue weighted by atomic mass is 10.1. The molecule has 2 nitrogen and oxygen atoms in total. The molecule has 0 saturated carbocycles. The lowest BCUT2D eigenvalue weighted by Gasteiger charge is -2.19. The Bertz CT molecular complexity index is 496. The number of aryl methyl sites for hydroxylation is 1. The van der Waals surface area contributed by atoms with Gasteiger partial charge in [0.25, 0.3) is 0 Å². The zero-order chi connectivity index (χ0) is 13.5. The number of rotatable bonds is 6. The Labute approximate surface area is 115 Å². The molecular weight excluding hydrogens is 234 g/mol.